The molecule has 16 heavy (non-hydrogen) atoms. The van der Waals surface area contributed by atoms with Gasteiger partial charge in [-0.15, -0.1) is 11.3 Å². The van der Waals surface area contributed by atoms with Crippen LogP contribution in [0.1, 0.15) is 10.7 Å². The average Bonchev–Trinajstić information content (AvgIpc) is 2.76. The van der Waals surface area contributed by atoms with Crippen LogP contribution in [0.4, 0.5) is 0 Å². The van der Waals surface area contributed by atoms with Gasteiger partial charge >= 0.3 is 0 Å². The van der Waals surface area contributed by atoms with Gasteiger partial charge in [-0.2, -0.15) is 0 Å². The van der Waals surface area contributed by atoms with Crippen LogP contribution in [-0.4, -0.2) is 16.4 Å². The predicted octanol–water partition coefficient (Wildman–Crippen LogP) is 2.53. The Bertz CT molecular complexity index is 468. The third-order valence-corrected chi connectivity index (χ3v) is 2.71. The molecule has 0 unspecified atom stereocenters. The zero-order valence-electron chi connectivity index (χ0n) is 8.41. The molecule has 0 saturated heterocycles. The molecule has 0 saturated carbocycles. The van der Waals surface area contributed by atoms with Gasteiger partial charge in [0.25, 0.3) is 0 Å². The highest BCUT2D eigenvalue weighted by Crippen LogP contribution is 2.14. The summed E-state index contributed by atoms with van der Waals surface area (Å²) in [5.41, 5.74) is 0.638. The van der Waals surface area contributed by atoms with Crippen molar-refractivity contribution in [3.05, 3.63) is 46.4 Å². The van der Waals surface area contributed by atoms with E-state index in [1.807, 2.05) is 35.7 Å². The van der Waals surface area contributed by atoms with Crippen LogP contribution in [0.5, 0.6) is 5.75 Å². The molecule has 1 aromatic carbocycles. The minimum atomic E-state index is 0.425. The first-order chi connectivity index (χ1) is 7.88. The second kappa shape index (κ2) is 5.27. The monoisotopic (exact) mass is 234 g/mol. The summed E-state index contributed by atoms with van der Waals surface area (Å²) in [5.74, 6) is 0.815. The highest BCUT2D eigenvalue weighted by Gasteiger charge is 2.01. The van der Waals surface area contributed by atoms with Crippen LogP contribution in [0.2, 0.25) is 0 Å². The summed E-state index contributed by atoms with van der Waals surface area (Å²) in [6, 6.07) is 9.56. The van der Waals surface area contributed by atoms with Crippen molar-refractivity contribution in [1.82, 2.24) is 4.98 Å². The van der Waals surface area contributed by atoms with E-state index in [0.717, 1.165) is 10.8 Å². The Hall–Kier alpha value is -1.88. The topological polar surface area (TPSA) is 54.7 Å². The van der Waals surface area contributed by atoms with E-state index in [2.05, 4.69) is 10.1 Å². The summed E-state index contributed by atoms with van der Waals surface area (Å²) in [7, 11) is 0. The number of hydrogen-bond acceptors (Lipinski definition) is 5. The van der Waals surface area contributed by atoms with Crippen molar-refractivity contribution in [2.75, 3.05) is 0 Å². The van der Waals surface area contributed by atoms with Gasteiger partial charge in [0.2, 0.25) is 0 Å². The van der Waals surface area contributed by atoms with Gasteiger partial charge in [0.15, 0.2) is 0 Å². The van der Waals surface area contributed by atoms with Crippen molar-refractivity contribution in [2.45, 2.75) is 6.61 Å². The molecular weight excluding hydrogens is 224 g/mol. The van der Waals surface area contributed by atoms with E-state index >= 15 is 0 Å². The summed E-state index contributed by atoms with van der Waals surface area (Å²) in [6.45, 7) is 0.425. The van der Waals surface area contributed by atoms with Gasteiger partial charge in [0.05, 0.1) is 11.9 Å². The Balaban J connectivity index is 1.94. The molecule has 82 valence electrons. The third kappa shape index (κ3) is 2.80. The molecule has 0 aliphatic carbocycles. The fourth-order valence-corrected chi connectivity index (χ4v) is 1.83. The molecule has 0 aliphatic rings. The molecule has 1 N–H and O–H groups in total. The second-order valence-corrected chi connectivity index (χ2v) is 3.96. The molecule has 4 nitrogen and oxygen atoms in total. The lowest BCUT2D eigenvalue weighted by atomic mass is 10.3. The van der Waals surface area contributed by atoms with E-state index in [1.165, 1.54) is 17.6 Å². The van der Waals surface area contributed by atoms with Crippen LogP contribution in [0.3, 0.4) is 0 Å². The summed E-state index contributed by atoms with van der Waals surface area (Å²) in [6.07, 6.45) is 1.29. The first-order valence-electron chi connectivity index (χ1n) is 4.68. The number of benzene rings is 1. The van der Waals surface area contributed by atoms with Gasteiger partial charge in [-0.05, 0) is 12.1 Å². The average molecular weight is 234 g/mol. The fraction of sp³-hybridized carbons (Fsp3) is 0.0909. The van der Waals surface area contributed by atoms with E-state index in [1.54, 1.807) is 0 Å². The molecule has 0 radical (unpaired) electrons. The zero-order valence-corrected chi connectivity index (χ0v) is 9.22. The molecule has 2 rings (SSSR count). The number of oxime groups is 1. The SMILES string of the molecule is O/N=C\c1csc(COc2ccccc2)n1. The van der Waals surface area contributed by atoms with Gasteiger partial charge in [-0.1, -0.05) is 23.4 Å². The maximum absolute atomic E-state index is 8.34. The van der Waals surface area contributed by atoms with E-state index in [0.29, 0.717) is 12.3 Å². The van der Waals surface area contributed by atoms with Crippen LogP contribution in [0, 0.1) is 0 Å². The third-order valence-electron chi connectivity index (χ3n) is 1.87. The first-order valence-corrected chi connectivity index (χ1v) is 5.56. The van der Waals surface area contributed by atoms with Crippen molar-refractivity contribution < 1.29 is 9.94 Å². The van der Waals surface area contributed by atoms with Crippen LogP contribution in [0.25, 0.3) is 0 Å². The summed E-state index contributed by atoms with van der Waals surface area (Å²) < 4.78 is 5.52. The van der Waals surface area contributed by atoms with Gasteiger partial charge in [-0.25, -0.2) is 4.98 Å². The lowest BCUT2D eigenvalue weighted by Gasteiger charge is -2.02. The molecule has 0 amide bonds. The highest BCUT2D eigenvalue weighted by molar-refractivity contribution is 7.09. The quantitative estimate of drug-likeness (QED) is 0.502. The van der Waals surface area contributed by atoms with Gasteiger partial charge in [0.1, 0.15) is 17.4 Å². The van der Waals surface area contributed by atoms with Crippen molar-refractivity contribution in [3.8, 4) is 5.75 Å². The number of thiazole rings is 1. The highest BCUT2D eigenvalue weighted by atomic mass is 32.1. The van der Waals surface area contributed by atoms with E-state index in [-0.39, 0.29) is 0 Å². The van der Waals surface area contributed by atoms with Gasteiger partial charge in [0, 0.05) is 5.38 Å². The number of aromatic nitrogens is 1. The Labute approximate surface area is 96.8 Å². The molecule has 0 bridgehead atoms. The maximum Gasteiger partial charge on any atom is 0.140 e. The Morgan fingerprint density at radius 2 is 2.19 bits per heavy atom. The Kier molecular flexibility index (Phi) is 3.50. The van der Waals surface area contributed by atoms with E-state index in [4.69, 9.17) is 9.94 Å². The molecular formula is C11H10N2O2S. The molecule has 0 spiro atoms. The zero-order chi connectivity index (χ0) is 11.2. The Morgan fingerprint density at radius 3 is 2.94 bits per heavy atom. The molecule has 2 aromatic rings. The van der Waals surface area contributed by atoms with Crippen LogP contribution in [0.15, 0.2) is 40.9 Å². The van der Waals surface area contributed by atoms with Gasteiger partial charge < -0.3 is 9.94 Å². The summed E-state index contributed by atoms with van der Waals surface area (Å²) in [4.78, 5) is 4.20. The fourth-order valence-electron chi connectivity index (χ4n) is 1.17. The molecule has 0 aliphatic heterocycles. The van der Waals surface area contributed by atoms with E-state index < -0.39 is 0 Å². The first kappa shape index (κ1) is 10.6. The van der Waals surface area contributed by atoms with Crippen molar-refractivity contribution in [3.63, 3.8) is 0 Å². The number of ether oxygens (including phenoxy) is 1. The second-order valence-electron chi connectivity index (χ2n) is 3.01. The minimum Gasteiger partial charge on any atom is -0.486 e. The smallest absolute Gasteiger partial charge is 0.140 e. The predicted molar refractivity (Wildman–Crippen MR) is 62.3 cm³/mol. The number of rotatable bonds is 4. The minimum absolute atomic E-state index is 0.425. The largest absolute Gasteiger partial charge is 0.486 e. The number of nitrogens with zero attached hydrogens (tertiary/aromatic N) is 2. The molecule has 1 aromatic heterocycles. The molecule has 5 heteroatoms. The molecule has 0 fully saturated rings. The van der Waals surface area contributed by atoms with Crippen LogP contribution < -0.4 is 4.74 Å². The number of para-hydroxylation sites is 1. The maximum atomic E-state index is 8.34. The standard InChI is InChI=1S/C11H10N2O2S/c14-12-6-9-8-16-11(13-9)7-15-10-4-2-1-3-5-10/h1-6,8,14H,7H2/b12-6-. The Morgan fingerprint density at radius 1 is 1.38 bits per heavy atom. The van der Waals surface area contributed by atoms with Crippen LogP contribution >= 0.6 is 11.3 Å². The normalized spacial score (nSPS) is 10.8. The van der Waals surface area contributed by atoms with Gasteiger partial charge in [-0.3, -0.25) is 0 Å². The molecule has 0 atom stereocenters. The van der Waals surface area contributed by atoms with Crippen LogP contribution in [-0.2, 0) is 6.61 Å². The summed E-state index contributed by atoms with van der Waals surface area (Å²) >= 11 is 1.47. The molecule has 1 heterocycles. The summed E-state index contributed by atoms with van der Waals surface area (Å²) in [5, 5.41) is 13.9. The van der Waals surface area contributed by atoms with Crippen molar-refractivity contribution in [2.24, 2.45) is 5.16 Å². The lowest BCUT2D eigenvalue weighted by molar-refractivity contribution is 0.305. The number of hydrogen-bond donors (Lipinski definition) is 1. The lowest BCUT2D eigenvalue weighted by Crippen LogP contribution is -1.94. The van der Waals surface area contributed by atoms with Crippen molar-refractivity contribution in [1.29, 1.82) is 0 Å². The van der Waals surface area contributed by atoms with Crippen molar-refractivity contribution >= 4 is 17.6 Å². The van der Waals surface area contributed by atoms with E-state index in [9.17, 15) is 0 Å².